The van der Waals surface area contributed by atoms with Crippen LogP contribution in [0, 0.1) is 0 Å². The van der Waals surface area contributed by atoms with E-state index in [0.29, 0.717) is 0 Å². The normalized spacial score (nSPS) is 11.9. The first-order valence-corrected chi connectivity index (χ1v) is 14.1. The summed E-state index contributed by atoms with van der Waals surface area (Å²) >= 11 is 13.3. The number of rotatable bonds is 4. The van der Waals surface area contributed by atoms with E-state index in [-0.39, 0.29) is 0 Å². The van der Waals surface area contributed by atoms with Crippen LogP contribution in [0.4, 0.5) is 0 Å². The number of thioether (sulfide) groups is 2. The summed E-state index contributed by atoms with van der Waals surface area (Å²) in [5.74, 6) is 0. The lowest BCUT2D eigenvalue weighted by atomic mass is 10.3. The van der Waals surface area contributed by atoms with Crippen molar-refractivity contribution in [1.29, 1.82) is 0 Å². The van der Waals surface area contributed by atoms with E-state index in [1.54, 1.807) is 0 Å². The van der Waals surface area contributed by atoms with Gasteiger partial charge in [0, 0.05) is 28.9 Å². The number of thiophene rings is 5. The number of fused-ring (bicyclic) bond motifs is 3. The quantitative estimate of drug-likeness (QED) is 0.249. The first kappa shape index (κ1) is 16.9. The third-order valence-corrected chi connectivity index (χ3v) is 11.8. The van der Waals surface area contributed by atoms with Crippen LogP contribution in [0.1, 0.15) is 0 Å². The maximum atomic E-state index is 2.39. The van der Waals surface area contributed by atoms with Gasteiger partial charge in [0.25, 0.3) is 0 Å². The fourth-order valence-electron chi connectivity index (χ4n) is 2.83. The minimum absolute atomic E-state index is 1.39. The second-order valence-corrected chi connectivity index (χ2v) is 12.1. The van der Waals surface area contributed by atoms with E-state index in [4.69, 9.17) is 0 Å². The molecule has 0 atom stereocenters. The molecule has 0 saturated carbocycles. The highest BCUT2D eigenvalue weighted by molar-refractivity contribution is 7.99. The Hall–Kier alpha value is -0.280. The molecule has 7 heteroatoms. The summed E-state index contributed by atoms with van der Waals surface area (Å²) in [6, 6.07) is 9.25. The zero-order valence-corrected chi connectivity index (χ0v) is 19.0. The molecule has 0 amide bonds. The number of hydrogen-bond donors (Lipinski definition) is 0. The molecule has 0 spiro atoms. The van der Waals surface area contributed by atoms with Gasteiger partial charge in [0.15, 0.2) is 0 Å². The topological polar surface area (TPSA) is 0 Å². The van der Waals surface area contributed by atoms with Crippen molar-refractivity contribution < 1.29 is 0 Å². The molecule has 0 aliphatic heterocycles. The summed E-state index contributed by atoms with van der Waals surface area (Å²) in [7, 11) is 0. The summed E-state index contributed by atoms with van der Waals surface area (Å²) in [6.45, 7) is 0. The molecule has 0 radical (unpaired) electrons. The van der Waals surface area contributed by atoms with E-state index in [2.05, 4.69) is 47.5 Å². The van der Waals surface area contributed by atoms with Gasteiger partial charge in [0.05, 0.1) is 19.2 Å². The van der Waals surface area contributed by atoms with E-state index in [1.807, 2.05) is 80.2 Å². The van der Waals surface area contributed by atoms with Gasteiger partial charge in [-0.2, -0.15) is 0 Å². The minimum Gasteiger partial charge on any atom is -0.142 e. The van der Waals surface area contributed by atoms with E-state index in [1.165, 1.54) is 48.1 Å². The van der Waals surface area contributed by atoms with Crippen molar-refractivity contribution in [1.82, 2.24) is 0 Å². The standard InChI is InChI=1S/C18H12S7/c1-19-9-3-5-21-15(9)11-7-13-17(24-11)18-14(23-13)8-12(25-18)16-10(20-2)4-6-22-16/h3-8H,1-2H3. The second-order valence-electron chi connectivity index (χ2n) is 5.35. The van der Waals surface area contributed by atoms with Gasteiger partial charge in [0.2, 0.25) is 0 Å². The zero-order chi connectivity index (χ0) is 17.0. The maximum Gasteiger partial charge on any atom is 0.0636 e. The van der Waals surface area contributed by atoms with Crippen LogP contribution in [-0.4, -0.2) is 12.5 Å². The van der Waals surface area contributed by atoms with E-state index in [9.17, 15) is 0 Å². The van der Waals surface area contributed by atoms with Crippen molar-refractivity contribution >= 4 is 99.0 Å². The molecule has 0 bridgehead atoms. The Kier molecular flexibility index (Phi) is 4.53. The number of hydrogen-bond acceptors (Lipinski definition) is 7. The molecule has 5 aromatic heterocycles. The smallest absolute Gasteiger partial charge is 0.0636 e. The molecule has 0 nitrogen and oxygen atoms in total. The molecule has 0 fully saturated rings. The lowest BCUT2D eigenvalue weighted by Gasteiger charge is -1.96. The molecular formula is C18H12S7. The molecular weight excluding hydrogens is 441 g/mol. The maximum absolute atomic E-state index is 2.39. The van der Waals surface area contributed by atoms with Gasteiger partial charge in [-0.25, -0.2) is 0 Å². The molecule has 0 aromatic carbocycles. The second kappa shape index (κ2) is 6.71. The molecule has 0 saturated heterocycles. The largest absolute Gasteiger partial charge is 0.142 e. The predicted molar refractivity (Wildman–Crippen MR) is 125 cm³/mol. The lowest BCUT2D eigenvalue weighted by Crippen LogP contribution is -1.66. The van der Waals surface area contributed by atoms with E-state index < -0.39 is 0 Å². The first-order valence-electron chi connectivity index (χ1n) is 7.48. The van der Waals surface area contributed by atoms with Crippen LogP contribution in [0.5, 0.6) is 0 Å². The SMILES string of the molecule is CSc1ccsc1-c1cc2sc3cc(-c4sccc4SC)sc3c2s1. The van der Waals surface area contributed by atoms with Crippen LogP contribution in [-0.2, 0) is 0 Å². The molecule has 25 heavy (non-hydrogen) atoms. The Labute approximate surface area is 174 Å². The van der Waals surface area contributed by atoms with Gasteiger partial charge in [-0.3, -0.25) is 0 Å². The van der Waals surface area contributed by atoms with Crippen LogP contribution in [0.25, 0.3) is 38.3 Å². The molecule has 5 rings (SSSR count). The first-order chi connectivity index (χ1) is 12.3. The average molecular weight is 453 g/mol. The van der Waals surface area contributed by atoms with Crippen molar-refractivity contribution in [3.8, 4) is 19.5 Å². The van der Waals surface area contributed by atoms with Gasteiger partial charge >= 0.3 is 0 Å². The lowest BCUT2D eigenvalue weighted by molar-refractivity contribution is 1.60. The molecule has 5 heterocycles. The fraction of sp³-hybridized carbons (Fsp3) is 0.111. The van der Waals surface area contributed by atoms with Crippen molar-refractivity contribution in [2.24, 2.45) is 0 Å². The van der Waals surface area contributed by atoms with Gasteiger partial charge in [-0.05, 0) is 47.5 Å². The van der Waals surface area contributed by atoms with Crippen LogP contribution >= 0.6 is 80.2 Å². The molecule has 5 aromatic rings. The van der Waals surface area contributed by atoms with Crippen molar-refractivity contribution in [2.75, 3.05) is 12.5 Å². The highest BCUT2D eigenvalue weighted by atomic mass is 32.2. The van der Waals surface area contributed by atoms with E-state index >= 15 is 0 Å². The van der Waals surface area contributed by atoms with Crippen molar-refractivity contribution in [3.63, 3.8) is 0 Å². The predicted octanol–water partition coefficient (Wildman–Crippen LogP) is 9.08. The summed E-state index contributed by atoms with van der Waals surface area (Å²) in [4.78, 5) is 8.47. The van der Waals surface area contributed by atoms with Gasteiger partial charge in [-0.15, -0.1) is 80.2 Å². The van der Waals surface area contributed by atoms with Gasteiger partial charge in [-0.1, -0.05) is 0 Å². The monoisotopic (exact) mass is 452 g/mol. The zero-order valence-electron chi connectivity index (χ0n) is 13.3. The summed E-state index contributed by atoms with van der Waals surface area (Å²) < 4.78 is 5.80. The summed E-state index contributed by atoms with van der Waals surface area (Å²) in [5, 5.41) is 4.41. The van der Waals surface area contributed by atoms with Crippen molar-refractivity contribution in [2.45, 2.75) is 9.79 Å². The molecule has 0 aliphatic rings. The third kappa shape index (κ3) is 2.76. The summed E-state index contributed by atoms with van der Waals surface area (Å²) in [6.07, 6.45) is 4.32. The molecule has 0 unspecified atom stereocenters. The van der Waals surface area contributed by atoms with Crippen LogP contribution in [0.3, 0.4) is 0 Å². The van der Waals surface area contributed by atoms with E-state index in [0.717, 1.165) is 0 Å². The Balaban J connectivity index is 1.65. The molecule has 0 aliphatic carbocycles. The molecule has 126 valence electrons. The Bertz CT molecular complexity index is 1090. The highest BCUT2D eigenvalue weighted by Crippen LogP contribution is 2.51. The third-order valence-electron chi connectivity index (χ3n) is 3.97. The van der Waals surface area contributed by atoms with Crippen LogP contribution < -0.4 is 0 Å². The Morgan fingerprint density at radius 1 is 0.680 bits per heavy atom. The van der Waals surface area contributed by atoms with Gasteiger partial charge in [0.1, 0.15) is 0 Å². The summed E-state index contributed by atoms with van der Waals surface area (Å²) in [5.41, 5.74) is 0. The van der Waals surface area contributed by atoms with Crippen LogP contribution in [0.2, 0.25) is 0 Å². The van der Waals surface area contributed by atoms with Gasteiger partial charge < -0.3 is 0 Å². The Morgan fingerprint density at radius 2 is 1.16 bits per heavy atom. The average Bonchev–Trinajstić information content (AvgIpc) is 3.38. The van der Waals surface area contributed by atoms with Crippen LogP contribution in [0.15, 0.2) is 44.8 Å². The highest BCUT2D eigenvalue weighted by Gasteiger charge is 2.17. The fourth-order valence-corrected chi connectivity index (χ4v) is 10.8. The Morgan fingerprint density at radius 3 is 1.60 bits per heavy atom. The molecule has 0 N–H and O–H groups in total. The van der Waals surface area contributed by atoms with Crippen molar-refractivity contribution in [3.05, 3.63) is 35.0 Å². The minimum atomic E-state index is 1.39.